The van der Waals surface area contributed by atoms with Crippen molar-refractivity contribution >= 4 is 29.7 Å². The van der Waals surface area contributed by atoms with Crippen LogP contribution in [0.15, 0.2) is 0 Å². The lowest BCUT2D eigenvalue weighted by Crippen LogP contribution is -2.54. The highest BCUT2D eigenvalue weighted by atomic mass is 16.4. The molecule has 12 nitrogen and oxygen atoms in total. The molecule has 30 heavy (non-hydrogen) atoms. The number of nitrogens with two attached hydrogens (primary N) is 2. The molecule has 0 saturated carbocycles. The molecule has 0 aliphatic carbocycles. The first-order valence-corrected chi connectivity index (χ1v) is 9.98. The topological polar surface area (TPSA) is 204 Å². The Bertz CT molecular complexity index is 655. The first-order valence-electron chi connectivity index (χ1n) is 9.98. The van der Waals surface area contributed by atoms with Crippen molar-refractivity contribution < 1.29 is 24.3 Å². The number of carbonyl (C=O) groups is 4. The molecular formula is C18H33N7O5. The van der Waals surface area contributed by atoms with Gasteiger partial charge < -0.3 is 37.4 Å². The summed E-state index contributed by atoms with van der Waals surface area (Å²) in [7, 11) is 0. The van der Waals surface area contributed by atoms with Crippen molar-refractivity contribution in [1.82, 2.24) is 20.9 Å². The zero-order valence-corrected chi connectivity index (χ0v) is 17.4. The summed E-state index contributed by atoms with van der Waals surface area (Å²) in [5.74, 6) is -2.90. The van der Waals surface area contributed by atoms with Crippen LogP contribution < -0.4 is 27.4 Å². The van der Waals surface area contributed by atoms with Gasteiger partial charge >= 0.3 is 5.97 Å². The van der Waals surface area contributed by atoms with Gasteiger partial charge in [0.05, 0.1) is 12.6 Å². The smallest absolute Gasteiger partial charge is 0.326 e. The third-order valence-corrected chi connectivity index (χ3v) is 4.88. The van der Waals surface area contributed by atoms with Crippen molar-refractivity contribution in [2.45, 2.75) is 57.7 Å². The maximum absolute atomic E-state index is 12.5. The van der Waals surface area contributed by atoms with Crippen LogP contribution in [0.4, 0.5) is 0 Å². The molecular weight excluding hydrogens is 394 g/mol. The van der Waals surface area contributed by atoms with Gasteiger partial charge in [-0.3, -0.25) is 19.8 Å². The van der Waals surface area contributed by atoms with Crippen LogP contribution in [0.25, 0.3) is 0 Å². The van der Waals surface area contributed by atoms with Crippen LogP contribution in [0, 0.1) is 11.3 Å². The number of nitrogens with zero attached hydrogens (tertiary/aromatic N) is 1. The first-order chi connectivity index (χ1) is 14.0. The van der Waals surface area contributed by atoms with E-state index in [1.807, 2.05) is 13.8 Å². The summed E-state index contributed by atoms with van der Waals surface area (Å²) in [6, 6.07) is -2.52. The highest BCUT2D eigenvalue weighted by Gasteiger charge is 2.36. The molecule has 0 spiro atoms. The second kappa shape index (κ2) is 12.0. The van der Waals surface area contributed by atoms with Crippen molar-refractivity contribution in [2.75, 3.05) is 19.6 Å². The molecule has 3 atom stereocenters. The largest absolute Gasteiger partial charge is 0.480 e. The molecule has 12 heteroatoms. The Morgan fingerprint density at radius 1 is 1.23 bits per heavy atom. The molecule has 1 heterocycles. The van der Waals surface area contributed by atoms with Crippen molar-refractivity contribution in [3.05, 3.63) is 0 Å². The maximum atomic E-state index is 12.5. The summed E-state index contributed by atoms with van der Waals surface area (Å²) < 4.78 is 0. The van der Waals surface area contributed by atoms with E-state index in [0.717, 1.165) is 0 Å². The molecule has 3 amide bonds. The molecule has 1 rings (SSSR count). The molecule has 0 aromatic rings. The first kappa shape index (κ1) is 25.1. The lowest BCUT2D eigenvalue weighted by Gasteiger charge is -2.28. The Balaban J connectivity index is 2.51. The van der Waals surface area contributed by atoms with E-state index >= 15 is 0 Å². The fourth-order valence-corrected chi connectivity index (χ4v) is 3.10. The van der Waals surface area contributed by atoms with Crippen LogP contribution in [-0.4, -0.2) is 77.4 Å². The zero-order chi connectivity index (χ0) is 22.8. The van der Waals surface area contributed by atoms with Crippen LogP contribution in [-0.2, 0) is 19.2 Å². The van der Waals surface area contributed by atoms with Gasteiger partial charge in [0.25, 0.3) is 0 Å². The van der Waals surface area contributed by atoms with E-state index in [4.69, 9.17) is 16.9 Å². The molecule has 1 aliphatic heterocycles. The number of likely N-dealkylation sites (tertiary alicyclic amines) is 1. The molecule has 0 aromatic heterocycles. The minimum atomic E-state index is -1.20. The van der Waals surface area contributed by atoms with Gasteiger partial charge in [-0.1, -0.05) is 13.8 Å². The number of nitrogens with one attached hydrogen (secondary N) is 4. The number of carboxylic acid groups (broad SMARTS) is 1. The number of rotatable bonds is 11. The normalized spacial score (nSPS) is 17.9. The van der Waals surface area contributed by atoms with E-state index in [9.17, 15) is 24.3 Å². The molecule has 0 unspecified atom stereocenters. The van der Waals surface area contributed by atoms with Crippen LogP contribution >= 0.6 is 0 Å². The minimum absolute atomic E-state index is 0.0637. The predicted molar refractivity (Wildman–Crippen MR) is 109 cm³/mol. The molecule has 0 radical (unpaired) electrons. The van der Waals surface area contributed by atoms with Gasteiger partial charge in [-0.05, 0) is 31.6 Å². The van der Waals surface area contributed by atoms with Gasteiger partial charge in [-0.15, -0.1) is 0 Å². The average Bonchev–Trinajstić information content (AvgIpc) is 3.16. The Morgan fingerprint density at radius 2 is 1.90 bits per heavy atom. The molecule has 9 N–H and O–H groups in total. The fraction of sp³-hybridized carbons (Fsp3) is 0.722. The molecule has 170 valence electrons. The quantitative estimate of drug-likeness (QED) is 0.110. The van der Waals surface area contributed by atoms with Crippen LogP contribution in [0.1, 0.15) is 39.5 Å². The van der Waals surface area contributed by atoms with E-state index in [1.54, 1.807) is 0 Å². The summed E-state index contributed by atoms with van der Waals surface area (Å²) in [5.41, 5.74) is 11.1. The van der Waals surface area contributed by atoms with E-state index in [2.05, 4.69) is 16.0 Å². The molecule has 0 bridgehead atoms. The Hall–Kier alpha value is -2.89. The second-order valence-electron chi connectivity index (χ2n) is 7.62. The Labute approximate surface area is 175 Å². The Kier molecular flexibility index (Phi) is 10.0. The van der Waals surface area contributed by atoms with E-state index < -0.39 is 42.5 Å². The lowest BCUT2D eigenvalue weighted by molar-refractivity contribution is -0.142. The molecule has 1 fully saturated rings. The predicted octanol–water partition coefficient (Wildman–Crippen LogP) is -2.09. The van der Waals surface area contributed by atoms with Gasteiger partial charge in [0, 0.05) is 13.1 Å². The van der Waals surface area contributed by atoms with Crippen molar-refractivity contribution in [3.63, 3.8) is 0 Å². The molecule has 0 aromatic carbocycles. The number of hydrogen-bond acceptors (Lipinski definition) is 6. The fourth-order valence-electron chi connectivity index (χ4n) is 3.10. The SMILES string of the molecule is CC(C)[C@H](N)C(=O)N1CCC[C@H]1C(=O)NCC(=O)N[C@@H](CCCNC(=N)N)C(=O)O. The summed E-state index contributed by atoms with van der Waals surface area (Å²) in [6.45, 7) is 3.98. The monoisotopic (exact) mass is 427 g/mol. The molecule has 1 saturated heterocycles. The minimum Gasteiger partial charge on any atom is -0.480 e. The van der Waals surface area contributed by atoms with Gasteiger partial charge in [-0.2, -0.15) is 0 Å². The van der Waals surface area contributed by atoms with Gasteiger partial charge in [-0.25, -0.2) is 4.79 Å². The number of aliphatic carboxylic acids is 1. The van der Waals surface area contributed by atoms with Crippen molar-refractivity contribution in [2.24, 2.45) is 17.4 Å². The van der Waals surface area contributed by atoms with Crippen molar-refractivity contribution in [1.29, 1.82) is 5.41 Å². The number of guanidine groups is 1. The van der Waals surface area contributed by atoms with Gasteiger partial charge in [0.2, 0.25) is 17.7 Å². The van der Waals surface area contributed by atoms with E-state index in [0.29, 0.717) is 32.4 Å². The van der Waals surface area contributed by atoms with Crippen LogP contribution in [0.5, 0.6) is 0 Å². The van der Waals surface area contributed by atoms with Crippen LogP contribution in [0.2, 0.25) is 0 Å². The van der Waals surface area contributed by atoms with E-state index in [-0.39, 0.29) is 24.2 Å². The zero-order valence-electron chi connectivity index (χ0n) is 17.4. The average molecular weight is 428 g/mol. The second-order valence-corrected chi connectivity index (χ2v) is 7.62. The van der Waals surface area contributed by atoms with Gasteiger partial charge in [0.1, 0.15) is 12.1 Å². The third-order valence-electron chi connectivity index (χ3n) is 4.88. The standard InChI is InChI=1S/C18H33N7O5/c1-10(2)14(19)16(28)25-8-4-6-12(25)15(27)23-9-13(26)24-11(17(29)30)5-3-7-22-18(20)21/h10-12,14H,3-9,19H2,1-2H3,(H,23,27)(H,24,26)(H,29,30)(H4,20,21,22)/t11-,12-,14-/m0/s1. The van der Waals surface area contributed by atoms with Gasteiger partial charge in [0.15, 0.2) is 5.96 Å². The van der Waals surface area contributed by atoms with E-state index in [1.165, 1.54) is 4.90 Å². The summed E-state index contributed by atoms with van der Waals surface area (Å²) in [5, 5.41) is 23.6. The summed E-state index contributed by atoms with van der Waals surface area (Å²) >= 11 is 0. The highest BCUT2D eigenvalue weighted by Crippen LogP contribution is 2.19. The number of carbonyl (C=O) groups excluding carboxylic acids is 3. The van der Waals surface area contributed by atoms with Crippen LogP contribution in [0.3, 0.4) is 0 Å². The number of hydrogen-bond donors (Lipinski definition) is 7. The Morgan fingerprint density at radius 3 is 2.47 bits per heavy atom. The maximum Gasteiger partial charge on any atom is 0.326 e. The summed E-state index contributed by atoms with van der Waals surface area (Å²) in [6.07, 6.45) is 1.65. The highest BCUT2D eigenvalue weighted by molar-refractivity contribution is 5.93. The van der Waals surface area contributed by atoms with Crippen molar-refractivity contribution in [3.8, 4) is 0 Å². The number of amides is 3. The number of carboxylic acids is 1. The molecule has 1 aliphatic rings. The third kappa shape index (κ3) is 7.85. The lowest BCUT2D eigenvalue weighted by atomic mass is 10.0. The summed E-state index contributed by atoms with van der Waals surface area (Å²) in [4.78, 5) is 49.8.